The number of fused-ring (bicyclic) bond motifs is 1. The molecule has 0 aromatic carbocycles. The van der Waals surface area contributed by atoms with Gasteiger partial charge in [-0.25, -0.2) is 9.97 Å². The highest BCUT2D eigenvalue weighted by Gasteiger charge is 2.11. The van der Waals surface area contributed by atoms with Crippen molar-refractivity contribution in [3.8, 4) is 0 Å². The Labute approximate surface area is 124 Å². The van der Waals surface area contributed by atoms with Crippen LogP contribution in [-0.4, -0.2) is 30.9 Å². The molecule has 0 saturated heterocycles. The first kappa shape index (κ1) is 13.8. The number of rotatable bonds is 4. The van der Waals surface area contributed by atoms with Gasteiger partial charge in [0.25, 0.3) is 0 Å². The van der Waals surface area contributed by atoms with Gasteiger partial charge in [0, 0.05) is 25.5 Å². The smallest absolute Gasteiger partial charge is 0.136 e. The summed E-state index contributed by atoms with van der Waals surface area (Å²) in [5.41, 5.74) is 4.52. The summed E-state index contributed by atoms with van der Waals surface area (Å²) in [6.07, 6.45) is 4.00. The van der Waals surface area contributed by atoms with Gasteiger partial charge in [-0.3, -0.25) is 4.90 Å². The van der Waals surface area contributed by atoms with E-state index in [4.69, 9.17) is 0 Å². The topological polar surface area (TPSA) is 38.4 Å². The summed E-state index contributed by atoms with van der Waals surface area (Å²) in [5, 5.41) is 0. The van der Waals surface area contributed by atoms with E-state index in [-0.39, 0.29) is 0 Å². The zero-order valence-corrected chi connectivity index (χ0v) is 13.0. The molecule has 0 spiro atoms. The Morgan fingerprint density at radius 1 is 1.19 bits per heavy atom. The maximum Gasteiger partial charge on any atom is 0.136 e. The number of pyridine rings is 1. The van der Waals surface area contributed by atoms with E-state index >= 15 is 0 Å². The van der Waals surface area contributed by atoms with Crippen LogP contribution in [0.15, 0.2) is 30.6 Å². The standard InChI is InChI=1S/C16H21N5/c1-12-13(2)20(4)16(18-12)11-19(3)10-14-9-17-15-7-5-6-8-21(14)15/h5-9H,10-11H2,1-4H3. The highest BCUT2D eigenvalue weighted by Crippen LogP contribution is 2.12. The fourth-order valence-electron chi connectivity index (χ4n) is 2.60. The van der Waals surface area contributed by atoms with Crippen LogP contribution in [0.5, 0.6) is 0 Å². The average molecular weight is 283 g/mol. The molecule has 0 aliphatic heterocycles. The molecule has 3 aromatic heterocycles. The van der Waals surface area contributed by atoms with Crippen molar-refractivity contribution in [1.82, 2.24) is 23.8 Å². The van der Waals surface area contributed by atoms with Gasteiger partial charge in [0.1, 0.15) is 11.5 Å². The molecule has 0 fully saturated rings. The number of hydrogen-bond donors (Lipinski definition) is 0. The highest BCUT2D eigenvalue weighted by atomic mass is 15.2. The molecule has 0 aliphatic rings. The first-order chi connectivity index (χ1) is 10.1. The zero-order chi connectivity index (χ0) is 15.0. The molecule has 110 valence electrons. The van der Waals surface area contributed by atoms with E-state index in [1.165, 1.54) is 11.4 Å². The Bertz CT molecular complexity index is 768. The third-order valence-electron chi connectivity index (χ3n) is 4.05. The first-order valence-corrected chi connectivity index (χ1v) is 7.14. The molecule has 5 nitrogen and oxygen atoms in total. The minimum absolute atomic E-state index is 0.825. The monoisotopic (exact) mass is 283 g/mol. The summed E-state index contributed by atoms with van der Waals surface area (Å²) < 4.78 is 4.30. The number of hydrogen-bond acceptors (Lipinski definition) is 3. The van der Waals surface area contributed by atoms with Gasteiger partial charge in [-0.2, -0.15) is 0 Å². The van der Waals surface area contributed by atoms with E-state index in [9.17, 15) is 0 Å². The number of aryl methyl sites for hydroxylation is 1. The number of imidazole rings is 2. The van der Waals surface area contributed by atoms with E-state index < -0.39 is 0 Å². The lowest BCUT2D eigenvalue weighted by Gasteiger charge is -2.16. The average Bonchev–Trinajstić information content (AvgIpc) is 2.97. The third kappa shape index (κ3) is 2.56. The SMILES string of the molecule is Cc1nc(CN(C)Cc2cnc3ccccn23)n(C)c1C. The molecule has 5 heteroatoms. The summed E-state index contributed by atoms with van der Waals surface area (Å²) >= 11 is 0. The minimum atomic E-state index is 0.825. The number of aromatic nitrogens is 4. The van der Waals surface area contributed by atoms with E-state index in [1.54, 1.807) is 0 Å². The van der Waals surface area contributed by atoms with Crippen molar-refractivity contribution in [1.29, 1.82) is 0 Å². The molecule has 0 bridgehead atoms. The van der Waals surface area contributed by atoms with E-state index in [0.717, 1.165) is 30.3 Å². The lowest BCUT2D eigenvalue weighted by atomic mass is 10.4. The Hall–Kier alpha value is -2.14. The third-order valence-corrected chi connectivity index (χ3v) is 4.05. The van der Waals surface area contributed by atoms with Gasteiger partial charge in [0.15, 0.2) is 0 Å². The van der Waals surface area contributed by atoms with Crippen molar-refractivity contribution < 1.29 is 0 Å². The van der Waals surface area contributed by atoms with Crippen molar-refractivity contribution in [3.05, 3.63) is 53.5 Å². The van der Waals surface area contributed by atoms with Crippen molar-refractivity contribution in [2.45, 2.75) is 26.9 Å². The summed E-state index contributed by atoms with van der Waals surface area (Å²) in [7, 11) is 4.19. The van der Waals surface area contributed by atoms with Crippen LogP contribution in [-0.2, 0) is 20.1 Å². The van der Waals surface area contributed by atoms with Gasteiger partial charge >= 0.3 is 0 Å². The lowest BCUT2D eigenvalue weighted by Crippen LogP contribution is -2.20. The summed E-state index contributed by atoms with van der Waals surface area (Å²) in [6, 6.07) is 6.06. The summed E-state index contributed by atoms with van der Waals surface area (Å²) in [6.45, 7) is 5.83. The molecule has 0 unspecified atom stereocenters. The second-order valence-corrected chi connectivity index (χ2v) is 5.61. The molecular weight excluding hydrogens is 262 g/mol. The predicted molar refractivity (Wildman–Crippen MR) is 83.0 cm³/mol. The molecular formula is C16H21N5. The van der Waals surface area contributed by atoms with Gasteiger partial charge in [-0.1, -0.05) is 6.07 Å². The summed E-state index contributed by atoms with van der Waals surface area (Å²) in [5.74, 6) is 1.10. The van der Waals surface area contributed by atoms with Crippen molar-refractivity contribution in [2.75, 3.05) is 7.05 Å². The van der Waals surface area contributed by atoms with Gasteiger partial charge in [-0.05, 0) is 33.0 Å². The van der Waals surface area contributed by atoms with Crippen LogP contribution >= 0.6 is 0 Å². The van der Waals surface area contributed by atoms with Crippen LogP contribution in [0.25, 0.3) is 5.65 Å². The normalized spacial score (nSPS) is 11.7. The van der Waals surface area contributed by atoms with Crippen LogP contribution in [0.3, 0.4) is 0 Å². The molecule has 3 heterocycles. The van der Waals surface area contributed by atoms with Crippen LogP contribution < -0.4 is 0 Å². The van der Waals surface area contributed by atoms with Crippen LogP contribution in [0.4, 0.5) is 0 Å². The summed E-state index contributed by atoms with van der Waals surface area (Å²) in [4.78, 5) is 11.3. The lowest BCUT2D eigenvalue weighted by molar-refractivity contribution is 0.302. The highest BCUT2D eigenvalue weighted by molar-refractivity contribution is 5.39. The quantitative estimate of drug-likeness (QED) is 0.737. The van der Waals surface area contributed by atoms with Gasteiger partial charge < -0.3 is 8.97 Å². The Balaban J connectivity index is 1.77. The molecule has 0 atom stereocenters. The fourth-order valence-corrected chi connectivity index (χ4v) is 2.60. The van der Waals surface area contributed by atoms with E-state index in [0.29, 0.717) is 0 Å². The van der Waals surface area contributed by atoms with Crippen molar-refractivity contribution >= 4 is 5.65 Å². The Morgan fingerprint density at radius 3 is 2.71 bits per heavy atom. The number of nitrogens with zero attached hydrogens (tertiary/aromatic N) is 5. The zero-order valence-electron chi connectivity index (χ0n) is 13.0. The second-order valence-electron chi connectivity index (χ2n) is 5.61. The van der Waals surface area contributed by atoms with Gasteiger partial charge in [0.2, 0.25) is 0 Å². The maximum absolute atomic E-state index is 4.64. The van der Waals surface area contributed by atoms with Crippen LogP contribution in [0.1, 0.15) is 22.9 Å². The first-order valence-electron chi connectivity index (χ1n) is 7.14. The Morgan fingerprint density at radius 2 is 2.00 bits per heavy atom. The van der Waals surface area contributed by atoms with Gasteiger partial charge in [-0.15, -0.1) is 0 Å². The fraction of sp³-hybridized carbons (Fsp3) is 0.375. The molecule has 3 aromatic rings. The maximum atomic E-state index is 4.64. The predicted octanol–water partition coefficient (Wildman–Crippen LogP) is 2.32. The van der Waals surface area contributed by atoms with E-state index in [2.05, 4.69) is 58.0 Å². The van der Waals surface area contributed by atoms with E-state index in [1.807, 2.05) is 24.4 Å². The largest absolute Gasteiger partial charge is 0.334 e. The molecule has 3 rings (SSSR count). The molecule has 0 amide bonds. The minimum Gasteiger partial charge on any atom is -0.334 e. The second kappa shape index (κ2) is 5.33. The molecule has 0 aliphatic carbocycles. The molecule has 21 heavy (non-hydrogen) atoms. The Kier molecular flexibility index (Phi) is 3.51. The van der Waals surface area contributed by atoms with Crippen LogP contribution in [0, 0.1) is 13.8 Å². The van der Waals surface area contributed by atoms with Crippen molar-refractivity contribution in [3.63, 3.8) is 0 Å². The van der Waals surface area contributed by atoms with Gasteiger partial charge in [0.05, 0.1) is 24.1 Å². The molecule has 0 N–H and O–H groups in total. The molecule has 0 radical (unpaired) electrons. The van der Waals surface area contributed by atoms with Crippen molar-refractivity contribution in [2.24, 2.45) is 7.05 Å². The molecule has 0 saturated carbocycles. The van der Waals surface area contributed by atoms with Crippen LogP contribution in [0.2, 0.25) is 0 Å².